The predicted octanol–water partition coefficient (Wildman–Crippen LogP) is 0.969. The average Bonchev–Trinajstić information content (AvgIpc) is 2.30. The molecule has 1 aromatic carbocycles. The number of amidine groups is 1. The molecule has 100 valence electrons. The summed E-state index contributed by atoms with van der Waals surface area (Å²) in [5, 5.41) is 7.24. The first-order valence-electron chi connectivity index (χ1n) is 5.63. The van der Waals surface area contributed by atoms with E-state index in [1.54, 1.807) is 38.1 Å². The quantitative estimate of drug-likeness (QED) is 0.530. The Morgan fingerprint density at radius 1 is 1.28 bits per heavy atom. The van der Waals surface area contributed by atoms with Gasteiger partial charge in [-0.05, 0) is 24.3 Å². The van der Waals surface area contributed by atoms with Crippen molar-refractivity contribution in [3.63, 3.8) is 0 Å². The van der Waals surface area contributed by atoms with E-state index in [4.69, 9.17) is 11.1 Å². The summed E-state index contributed by atoms with van der Waals surface area (Å²) in [5.74, 6) is -0.0480. The molecule has 1 aromatic rings. The van der Waals surface area contributed by atoms with Gasteiger partial charge in [-0.15, -0.1) is 0 Å². The van der Waals surface area contributed by atoms with Crippen LogP contribution in [-0.4, -0.2) is 31.6 Å². The molecule has 0 spiro atoms. The zero-order valence-corrected chi connectivity index (χ0v) is 11.3. The standard InChI is InChI=1S/C11H18N4O2S/c1-3-15(4-2)18(16,17)14-10-7-5-9(6-8-10)11(12)13/h5-8,14H,3-4H2,1-2H3,(H3,12,13). The number of nitrogens with two attached hydrogens (primary N) is 1. The molecular weight excluding hydrogens is 252 g/mol. The number of nitrogens with zero attached hydrogens (tertiary/aromatic N) is 1. The third-order valence-electron chi connectivity index (χ3n) is 2.49. The molecule has 0 unspecified atom stereocenters. The summed E-state index contributed by atoms with van der Waals surface area (Å²) < 4.78 is 27.7. The minimum atomic E-state index is -3.51. The minimum Gasteiger partial charge on any atom is -0.384 e. The summed E-state index contributed by atoms with van der Waals surface area (Å²) in [6, 6.07) is 6.36. The van der Waals surface area contributed by atoms with Gasteiger partial charge in [0.25, 0.3) is 0 Å². The second kappa shape index (κ2) is 5.83. The Morgan fingerprint density at radius 2 is 1.78 bits per heavy atom. The van der Waals surface area contributed by atoms with Gasteiger partial charge in [-0.2, -0.15) is 12.7 Å². The lowest BCUT2D eigenvalue weighted by atomic mass is 10.2. The maximum absolute atomic E-state index is 11.9. The first kappa shape index (κ1) is 14.5. The Labute approximate surface area is 107 Å². The van der Waals surface area contributed by atoms with Crippen LogP contribution in [0.4, 0.5) is 5.69 Å². The van der Waals surface area contributed by atoms with Crippen LogP contribution in [0.1, 0.15) is 19.4 Å². The SMILES string of the molecule is CCN(CC)S(=O)(=O)Nc1ccc(C(=N)N)cc1. The summed E-state index contributed by atoms with van der Waals surface area (Å²) in [4.78, 5) is 0. The molecule has 0 saturated heterocycles. The summed E-state index contributed by atoms with van der Waals surface area (Å²) in [5.41, 5.74) is 6.33. The normalized spacial score (nSPS) is 11.5. The number of nitrogen functional groups attached to an aromatic ring is 1. The van der Waals surface area contributed by atoms with E-state index >= 15 is 0 Å². The highest BCUT2D eigenvalue weighted by Crippen LogP contribution is 2.12. The predicted molar refractivity (Wildman–Crippen MR) is 72.9 cm³/mol. The van der Waals surface area contributed by atoms with Gasteiger partial charge in [-0.3, -0.25) is 10.1 Å². The molecular formula is C11H18N4O2S. The van der Waals surface area contributed by atoms with E-state index in [0.717, 1.165) is 0 Å². The van der Waals surface area contributed by atoms with Crippen molar-refractivity contribution in [1.82, 2.24) is 4.31 Å². The van der Waals surface area contributed by atoms with Crippen molar-refractivity contribution in [1.29, 1.82) is 5.41 Å². The van der Waals surface area contributed by atoms with Gasteiger partial charge in [0.1, 0.15) is 5.84 Å². The van der Waals surface area contributed by atoms with E-state index in [1.807, 2.05) is 0 Å². The number of benzene rings is 1. The van der Waals surface area contributed by atoms with Crippen LogP contribution < -0.4 is 10.5 Å². The zero-order chi connectivity index (χ0) is 13.8. The van der Waals surface area contributed by atoms with Crippen LogP contribution in [0.3, 0.4) is 0 Å². The molecule has 0 heterocycles. The third-order valence-corrected chi connectivity index (χ3v) is 4.18. The first-order chi connectivity index (χ1) is 8.40. The number of anilines is 1. The van der Waals surface area contributed by atoms with Crippen molar-refractivity contribution in [3.05, 3.63) is 29.8 Å². The third kappa shape index (κ3) is 3.44. The highest BCUT2D eigenvalue weighted by atomic mass is 32.2. The van der Waals surface area contributed by atoms with E-state index in [-0.39, 0.29) is 5.84 Å². The van der Waals surface area contributed by atoms with Crippen molar-refractivity contribution in [2.75, 3.05) is 17.8 Å². The molecule has 1 rings (SSSR count). The summed E-state index contributed by atoms with van der Waals surface area (Å²) in [7, 11) is -3.51. The highest BCUT2D eigenvalue weighted by molar-refractivity contribution is 7.90. The van der Waals surface area contributed by atoms with Gasteiger partial charge >= 0.3 is 10.2 Å². The van der Waals surface area contributed by atoms with Gasteiger partial charge in [-0.1, -0.05) is 13.8 Å². The smallest absolute Gasteiger partial charge is 0.301 e. The Hall–Kier alpha value is -1.60. The van der Waals surface area contributed by atoms with Gasteiger partial charge < -0.3 is 5.73 Å². The molecule has 6 nitrogen and oxygen atoms in total. The number of rotatable bonds is 6. The van der Waals surface area contributed by atoms with E-state index in [0.29, 0.717) is 24.3 Å². The molecule has 0 amide bonds. The largest absolute Gasteiger partial charge is 0.384 e. The second-order valence-electron chi connectivity index (χ2n) is 3.68. The molecule has 4 N–H and O–H groups in total. The van der Waals surface area contributed by atoms with Gasteiger partial charge in [0.05, 0.1) is 0 Å². The molecule has 0 bridgehead atoms. The lowest BCUT2D eigenvalue weighted by Gasteiger charge is -2.19. The number of nitrogens with one attached hydrogen (secondary N) is 2. The van der Waals surface area contributed by atoms with Crippen molar-refractivity contribution in [2.45, 2.75) is 13.8 Å². The lowest BCUT2D eigenvalue weighted by molar-refractivity contribution is 0.449. The van der Waals surface area contributed by atoms with Crippen LogP contribution in [0.25, 0.3) is 0 Å². The molecule has 0 atom stereocenters. The molecule has 0 radical (unpaired) electrons. The van der Waals surface area contributed by atoms with Crippen LogP contribution >= 0.6 is 0 Å². The Kier molecular flexibility index (Phi) is 4.69. The molecule has 0 aliphatic heterocycles. The number of hydrogen-bond acceptors (Lipinski definition) is 3. The Morgan fingerprint density at radius 3 is 2.17 bits per heavy atom. The topological polar surface area (TPSA) is 99.3 Å². The zero-order valence-electron chi connectivity index (χ0n) is 10.5. The van der Waals surface area contributed by atoms with Crippen LogP contribution in [0.5, 0.6) is 0 Å². The van der Waals surface area contributed by atoms with Crippen LogP contribution in [0.15, 0.2) is 24.3 Å². The summed E-state index contributed by atoms with van der Waals surface area (Å²) in [6.07, 6.45) is 0. The maximum atomic E-state index is 11.9. The second-order valence-corrected chi connectivity index (χ2v) is 5.35. The maximum Gasteiger partial charge on any atom is 0.301 e. The highest BCUT2D eigenvalue weighted by Gasteiger charge is 2.18. The van der Waals surface area contributed by atoms with Gasteiger partial charge in [0.2, 0.25) is 0 Å². The van der Waals surface area contributed by atoms with Crippen molar-refractivity contribution >= 4 is 21.7 Å². The number of hydrogen-bond donors (Lipinski definition) is 3. The summed E-state index contributed by atoms with van der Waals surface area (Å²) >= 11 is 0. The van der Waals surface area contributed by atoms with E-state index in [9.17, 15) is 8.42 Å². The van der Waals surface area contributed by atoms with E-state index in [2.05, 4.69) is 4.72 Å². The molecule has 0 aliphatic carbocycles. The van der Waals surface area contributed by atoms with Crippen molar-refractivity contribution < 1.29 is 8.42 Å². The minimum absolute atomic E-state index is 0.0480. The molecule has 0 aliphatic rings. The van der Waals surface area contributed by atoms with E-state index < -0.39 is 10.2 Å². The Balaban J connectivity index is 2.88. The van der Waals surface area contributed by atoms with Crippen molar-refractivity contribution in [2.24, 2.45) is 5.73 Å². The van der Waals surface area contributed by atoms with Crippen molar-refractivity contribution in [3.8, 4) is 0 Å². The molecule has 0 fully saturated rings. The average molecular weight is 270 g/mol. The molecule has 0 saturated carbocycles. The van der Waals surface area contributed by atoms with Gasteiger partial charge in [-0.25, -0.2) is 0 Å². The van der Waals surface area contributed by atoms with Gasteiger partial charge in [0, 0.05) is 24.3 Å². The van der Waals surface area contributed by atoms with Crippen LogP contribution in [0.2, 0.25) is 0 Å². The van der Waals surface area contributed by atoms with Gasteiger partial charge in [0.15, 0.2) is 0 Å². The fourth-order valence-corrected chi connectivity index (χ4v) is 2.74. The summed E-state index contributed by atoms with van der Waals surface area (Å²) in [6.45, 7) is 4.39. The molecule has 18 heavy (non-hydrogen) atoms. The first-order valence-corrected chi connectivity index (χ1v) is 7.07. The fraction of sp³-hybridized carbons (Fsp3) is 0.364. The monoisotopic (exact) mass is 270 g/mol. The van der Waals surface area contributed by atoms with Crippen LogP contribution in [-0.2, 0) is 10.2 Å². The fourth-order valence-electron chi connectivity index (χ4n) is 1.49. The molecule has 7 heteroatoms. The van der Waals surface area contributed by atoms with E-state index in [1.165, 1.54) is 4.31 Å². The Bertz CT molecular complexity index is 506. The lowest BCUT2D eigenvalue weighted by Crippen LogP contribution is -2.35. The van der Waals surface area contributed by atoms with Crippen LogP contribution in [0, 0.1) is 5.41 Å². The molecule has 0 aromatic heterocycles.